The highest BCUT2D eigenvalue weighted by molar-refractivity contribution is 5.83. The first-order valence-electron chi connectivity index (χ1n) is 10.1. The van der Waals surface area contributed by atoms with Crippen LogP contribution in [0.25, 0.3) is 11.4 Å². The number of fused-ring (bicyclic) bond motifs is 2. The molecule has 2 aromatic rings. The average molecular weight is 362 g/mol. The van der Waals surface area contributed by atoms with Crippen molar-refractivity contribution in [2.75, 3.05) is 19.6 Å². The molecule has 2 aliphatic heterocycles. The van der Waals surface area contributed by atoms with E-state index >= 15 is 0 Å². The van der Waals surface area contributed by atoms with Crippen LogP contribution < -0.4 is 5.32 Å². The van der Waals surface area contributed by atoms with Crippen LogP contribution in [0.4, 0.5) is 0 Å². The molecule has 0 bridgehead atoms. The van der Waals surface area contributed by atoms with E-state index < -0.39 is 0 Å². The summed E-state index contributed by atoms with van der Waals surface area (Å²) in [6.07, 6.45) is 4.89. The maximum atomic E-state index is 12.4. The first-order valence-corrected chi connectivity index (χ1v) is 10.1. The fraction of sp³-hybridized carbons (Fsp3) is 0.500. The van der Waals surface area contributed by atoms with Gasteiger partial charge in [-0.1, -0.05) is 25.1 Å². The number of carbonyl (C=O) groups excluding carboxylic acids is 1. The molecule has 2 saturated heterocycles. The molecule has 140 valence electrons. The molecule has 1 saturated carbocycles. The van der Waals surface area contributed by atoms with E-state index in [0.29, 0.717) is 5.92 Å². The van der Waals surface area contributed by atoms with E-state index in [2.05, 4.69) is 53.3 Å². The highest BCUT2D eigenvalue weighted by atomic mass is 16.2. The van der Waals surface area contributed by atoms with Gasteiger partial charge in [-0.25, -0.2) is 9.97 Å². The summed E-state index contributed by atoms with van der Waals surface area (Å²) in [6, 6.07) is 8.48. The minimum atomic E-state index is 0.000537. The molecule has 3 atom stereocenters. The van der Waals surface area contributed by atoms with Gasteiger partial charge >= 0.3 is 0 Å². The van der Waals surface area contributed by atoms with Crippen LogP contribution >= 0.6 is 0 Å². The summed E-state index contributed by atoms with van der Waals surface area (Å²) < 4.78 is 0. The molecule has 27 heavy (non-hydrogen) atoms. The number of piperazine rings is 1. The standard InChI is InChI=1S/C22H26N4O/c1-3-15-6-4-5-14(2)19(15)20-23-8-7-18(25-20)22-11-16(22)13-26-10-9-24-21(27)17(26)12-22/h4-8,16-17H,3,9-13H2,1-2H3,(H,24,27). The summed E-state index contributed by atoms with van der Waals surface area (Å²) in [5.74, 6) is 1.63. The van der Waals surface area contributed by atoms with E-state index in [9.17, 15) is 4.79 Å². The average Bonchev–Trinajstić information content (AvgIpc) is 3.41. The van der Waals surface area contributed by atoms with Gasteiger partial charge in [-0.3, -0.25) is 9.69 Å². The van der Waals surface area contributed by atoms with Gasteiger partial charge in [0.05, 0.1) is 11.7 Å². The van der Waals surface area contributed by atoms with E-state index in [1.54, 1.807) is 0 Å². The van der Waals surface area contributed by atoms with E-state index in [-0.39, 0.29) is 17.4 Å². The number of piperidine rings is 1. The van der Waals surface area contributed by atoms with Gasteiger partial charge in [0.15, 0.2) is 5.82 Å². The minimum Gasteiger partial charge on any atom is -0.353 e. The monoisotopic (exact) mass is 362 g/mol. The zero-order valence-electron chi connectivity index (χ0n) is 16.0. The van der Waals surface area contributed by atoms with E-state index in [1.807, 2.05) is 6.20 Å². The molecule has 3 heterocycles. The summed E-state index contributed by atoms with van der Waals surface area (Å²) in [5.41, 5.74) is 4.86. The maximum absolute atomic E-state index is 12.4. The van der Waals surface area contributed by atoms with Gasteiger partial charge in [0.1, 0.15) is 0 Å². The third-order valence-electron chi connectivity index (χ3n) is 6.82. The molecule has 5 heteroatoms. The zero-order valence-corrected chi connectivity index (χ0v) is 16.0. The Balaban J connectivity index is 1.52. The molecule has 1 N–H and O–H groups in total. The van der Waals surface area contributed by atoms with Gasteiger partial charge in [-0.15, -0.1) is 0 Å². The van der Waals surface area contributed by atoms with Gasteiger partial charge in [-0.2, -0.15) is 0 Å². The predicted molar refractivity (Wildman–Crippen MR) is 104 cm³/mol. The number of rotatable bonds is 3. The number of nitrogens with zero attached hydrogens (tertiary/aromatic N) is 3. The summed E-state index contributed by atoms with van der Waals surface area (Å²) in [4.78, 5) is 24.4. The van der Waals surface area contributed by atoms with Crippen LogP contribution in [-0.2, 0) is 16.6 Å². The molecule has 3 unspecified atom stereocenters. The van der Waals surface area contributed by atoms with Crippen LogP contribution in [0, 0.1) is 12.8 Å². The number of hydrogen-bond acceptors (Lipinski definition) is 4. The minimum absolute atomic E-state index is 0.000537. The lowest BCUT2D eigenvalue weighted by molar-refractivity contribution is -0.130. The van der Waals surface area contributed by atoms with E-state index in [4.69, 9.17) is 4.98 Å². The molecule has 0 spiro atoms. The molecular formula is C22H26N4O. The topological polar surface area (TPSA) is 58.1 Å². The highest BCUT2D eigenvalue weighted by Crippen LogP contribution is 2.60. The fourth-order valence-electron chi connectivity index (χ4n) is 5.22. The van der Waals surface area contributed by atoms with Gasteiger partial charge < -0.3 is 5.32 Å². The molecule has 3 fully saturated rings. The molecule has 0 radical (unpaired) electrons. The Morgan fingerprint density at radius 1 is 1.30 bits per heavy atom. The molecule has 1 amide bonds. The Hall–Kier alpha value is -2.27. The van der Waals surface area contributed by atoms with Crippen LogP contribution in [0.3, 0.4) is 0 Å². The summed E-state index contributed by atoms with van der Waals surface area (Å²) in [6.45, 7) is 7.07. The SMILES string of the molecule is CCc1cccc(C)c1-c1nccc(C23CC4C(=O)NCCN4CC2C3)n1. The zero-order chi connectivity index (χ0) is 18.6. The van der Waals surface area contributed by atoms with Gasteiger partial charge in [0.25, 0.3) is 0 Å². The van der Waals surface area contributed by atoms with Gasteiger partial charge in [-0.05, 0) is 49.3 Å². The van der Waals surface area contributed by atoms with Crippen molar-refractivity contribution in [2.24, 2.45) is 5.92 Å². The lowest BCUT2D eigenvalue weighted by Crippen LogP contribution is -2.59. The quantitative estimate of drug-likeness (QED) is 0.911. The molecule has 3 aliphatic rings. The van der Waals surface area contributed by atoms with Crippen molar-refractivity contribution in [1.82, 2.24) is 20.2 Å². The van der Waals surface area contributed by atoms with Crippen molar-refractivity contribution in [2.45, 2.75) is 44.6 Å². The van der Waals surface area contributed by atoms with Crippen molar-refractivity contribution in [3.05, 3.63) is 47.3 Å². The van der Waals surface area contributed by atoms with Crippen LogP contribution in [0.1, 0.15) is 36.6 Å². The highest BCUT2D eigenvalue weighted by Gasteiger charge is 2.62. The molecule has 1 aromatic carbocycles. The molecule has 5 nitrogen and oxygen atoms in total. The first kappa shape index (κ1) is 16.9. The Morgan fingerprint density at radius 2 is 2.19 bits per heavy atom. The number of hydrogen-bond donors (Lipinski definition) is 1. The van der Waals surface area contributed by atoms with Crippen LogP contribution in [0.5, 0.6) is 0 Å². The lowest BCUT2D eigenvalue weighted by atomic mass is 9.85. The van der Waals surface area contributed by atoms with Gasteiger partial charge in [0.2, 0.25) is 5.91 Å². The van der Waals surface area contributed by atoms with E-state index in [0.717, 1.165) is 50.4 Å². The number of aryl methyl sites for hydroxylation is 2. The second-order valence-corrected chi connectivity index (χ2v) is 8.29. The smallest absolute Gasteiger partial charge is 0.237 e. The molecule has 1 aliphatic carbocycles. The third kappa shape index (κ3) is 2.59. The largest absolute Gasteiger partial charge is 0.353 e. The number of amides is 1. The molecule has 1 aromatic heterocycles. The summed E-state index contributed by atoms with van der Waals surface area (Å²) >= 11 is 0. The Kier molecular flexibility index (Phi) is 3.83. The first-order chi connectivity index (χ1) is 13.1. The Bertz CT molecular complexity index is 911. The molecule has 5 rings (SSSR count). The fourth-order valence-corrected chi connectivity index (χ4v) is 5.22. The third-order valence-corrected chi connectivity index (χ3v) is 6.82. The number of benzene rings is 1. The van der Waals surface area contributed by atoms with Crippen LogP contribution in [0.2, 0.25) is 0 Å². The summed E-state index contributed by atoms with van der Waals surface area (Å²) in [7, 11) is 0. The van der Waals surface area contributed by atoms with Crippen molar-refractivity contribution in [3.63, 3.8) is 0 Å². The normalized spacial score (nSPS) is 29.6. The summed E-state index contributed by atoms with van der Waals surface area (Å²) in [5, 5.41) is 3.04. The Labute approximate surface area is 160 Å². The number of carbonyl (C=O) groups is 1. The van der Waals surface area contributed by atoms with Crippen LogP contribution in [0.15, 0.2) is 30.5 Å². The van der Waals surface area contributed by atoms with Crippen LogP contribution in [-0.4, -0.2) is 46.5 Å². The number of aromatic nitrogens is 2. The van der Waals surface area contributed by atoms with Crippen molar-refractivity contribution < 1.29 is 4.79 Å². The van der Waals surface area contributed by atoms with Crippen molar-refractivity contribution in [3.8, 4) is 11.4 Å². The van der Waals surface area contributed by atoms with Gasteiger partial charge in [0, 0.05) is 36.8 Å². The second-order valence-electron chi connectivity index (χ2n) is 8.29. The maximum Gasteiger partial charge on any atom is 0.237 e. The second kappa shape index (κ2) is 6.13. The Morgan fingerprint density at radius 3 is 3.04 bits per heavy atom. The predicted octanol–water partition coefficient (Wildman–Crippen LogP) is 2.48. The molecular weight excluding hydrogens is 336 g/mol. The lowest BCUT2D eigenvalue weighted by Gasteiger charge is -2.41. The van der Waals surface area contributed by atoms with E-state index in [1.165, 1.54) is 16.7 Å². The van der Waals surface area contributed by atoms with Crippen molar-refractivity contribution in [1.29, 1.82) is 0 Å². The van der Waals surface area contributed by atoms with Crippen molar-refractivity contribution >= 4 is 5.91 Å². The number of nitrogens with one attached hydrogen (secondary N) is 1.